The molecular weight excluding hydrogens is 226 g/mol. The third kappa shape index (κ3) is 3.03. The molecule has 0 aromatic heterocycles. The molecule has 3 heteroatoms. The Morgan fingerprint density at radius 3 is 2.28 bits per heavy atom. The molecule has 3 nitrogen and oxygen atoms in total. The van der Waals surface area contributed by atoms with E-state index < -0.39 is 6.10 Å². The van der Waals surface area contributed by atoms with Crippen LogP contribution in [0.3, 0.4) is 0 Å². The topological polar surface area (TPSA) is 32.7 Å². The number of ether oxygens (including phenoxy) is 1. The normalized spacial score (nSPS) is 20.4. The molecular formula is C15H23NO2. The first kappa shape index (κ1) is 13.4. The fraction of sp³-hybridized carbons (Fsp3) is 0.600. The van der Waals surface area contributed by atoms with Crippen LogP contribution in [-0.2, 0) is 0 Å². The highest BCUT2D eigenvalue weighted by Gasteiger charge is 2.24. The molecule has 0 bridgehead atoms. The van der Waals surface area contributed by atoms with Crippen LogP contribution in [0.4, 0.5) is 0 Å². The van der Waals surface area contributed by atoms with Crippen LogP contribution in [0.1, 0.15) is 37.9 Å². The van der Waals surface area contributed by atoms with E-state index in [9.17, 15) is 5.11 Å². The van der Waals surface area contributed by atoms with Crippen LogP contribution in [0.5, 0.6) is 5.75 Å². The van der Waals surface area contributed by atoms with Crippen LogP contribution in [0.25, 0.3) is 0 Å². The minimum Gasteiger partial charge on any atom is -0.497 e. The van der Waals surface area contributed by atoms with Gasteiger partial charge in [-0.15, -0.1) is 0 Å². The maximum Gasteiger partial charge on any atom is 0.118 e. The van der Waals surface area contributed by atoms with E-state index in [1.54, 1.807) is 7.11 Å². The quantitative estimate of drug-likeness (QED) is 0.890. The molecule has 1 aliphatic heterocycles. The van der Waals surface area contributed by atoms with Gasteiger partial charge in [0, 0.05) is 6.04 Å². The number of hydrogen-bond acceptors (Lipinski definition) is 3. The van der Waals surface area contributed by atoms with Crippen molar-refractivity contribution in [1.82, 2.24) is 4.90 Å². The second-order valence-electron chi connectivity index (χ2n) is 5.06. The molecule has 0 amide bonds. The van der Waals surface area contributed by atoms with Crippen LogP contribution < -0.4 is 4.74 Å². The standard InChI is InChI=1S/C15H23NO2/c1-12(16-10-4-3-5-11-16)15(17)13-6-8-14(18-2)9-7-13/h6-9,12,15,17H,3-5,10-11H2,1-2H3/t12-,15+/m1/s1. The number of nitrogens with zero attached hydrogens (tertiary/aromatic N) is 1. The maximum atomic E-state index is 10.4. The van der Waals surface area contributed by atoms with Crippen LogP contribution in [0.15, 0.2) is 24.3 Å². The Hall–Kier alpha value is -1.06. The van der Waals surface area contributed by atoms with Crippen molar-refractivity contribution >= 4 is 0 Å². The van der Waals surface area contributed by atoms with Gasteiger partial charge in [-0.3, -0.25) is 4.90 Å². The third-order valence-corrected chi connectivity index (χ3v) is 3.88. The van der Waals surface area contributed by atoms with Gasteiger partial charge in [0.2, 0.25) is 0 Å². The lowest BCUT2D eigenvalue weighted by molar-refractivity contribution is 0.0471. The highest BCUT2D eigenvalue weighted by Crippen LogP contribution is 2.25. The molecule has 0 aliphatic carbocycles. The van der Waals surface area contributed by atoms with E-state index in [0.29, 0.717) is 0 Å². The van der Waals surface area contributed by atoms with E-state index in [4.69, 9.17) is 4.74 Å². The van der Waals surface area contributed by atoms with Gasteiger partial charge >= 0.3 is 0 Å². The summed E-state index contributed by atoms with van der Waals surface area (Å²) in [4.78, 5) is 2.39. The van der Waals surface area contributed by atoms with E-state index in [1.807, 2.05) is 24.3 Å². The molecule has 0 spiro atoms. The Morgan fingerprint density at radius 1 is 1.11 bits per heavy atom. The lowest BCUT2D eigenvalue weighted by atomic mass is 10.00. The SMILES string of the molecule is COc1ccc([C@@H](O)[C@@H](C)N2CCCCC2)cc1. The summed E-state index contributed by atoms with van der Waals surface area (Å²) in [7, 11) is 1.65. The van der Waals surface area contributed by atoms with Crippen LogP contribution >= 0.6 is 0 Å². The van der Waals surface area contributed by atoms with E-state index in [2.05, 4.69) is 11.8 Å². The fourth-order valence-electron chi connectivity index (χ4n) is 2.60. The summed E-state index contributed by atoms with van der Waals surface area (Å²) in [6, 6.07) is 7.88. The van der Waals surface area contributed by atoms with Crippen molar-refractivity contribution in [3.05, 3.63) is 29.8 Å². The van der Waals surface area contributed by atoms with E-state index >= 15 is 0 Å². The summed E-state index contributed by atoms with van der Waals surface area (Å²) in [6.07, 6.45) is 3.40. The van der Waals surface area contributed by atoms with Crippen molar-refractivity contribution in [2.75, 3.05) is 20.2 Å². The lowest BCUT2D eigenvalue weighted by Gasteiger charge is -2.35. The van der Waals surface area contributed by atoms with Crippen molar-refractivity contribution < 1.29 is 9.84 Å². The average molecular weight is 249 g/mol. The highest BCUT2D eigenvalue weighted by atomic mass is 16.5. The molecule has 2 atom stereocenters. The zero-order chi connectivity index (χ0) is 13.0. The largest absolute Gasteiger partial charge is 0.497 e. The second kappa shape index (κ2) is 6.21. The molecule has 1 saturated heterocycles. The fourth-order valence-corrected chi connectivity index (χ4v) is 2.60. The second-order valence-corrected chi connectivity index (χ2v) is 5.06. The smallest absolute Gasteiger partial charge is 0.118 e. The minimum atomic E-state index is -0.422. The van der Waals surface area contributed by atoms with Gasteiger partial charge in [0.05, 0.1) is 13.2 Å². The molecule has 0 saturated carbocycles. The van der Waals surface area contributed by atoms with Crippen molar-refractivity contribution in [3.63, 3.8) is 0 Å². The number of piperidine rings is 1. The van der Waals surface area contributed by atoms with Gasteiger partial charge in [-0.1, -0.05) is 18.6 Å². The molecule has 0 unspecified atom stereocenters. The minimum absolute atomic E-state index is 0.179. The van der Waals surface area contributed by atoms with E-state index in [0.717, 1.165) is 24.4 Å². The first-order valence-electron chi connectivity index (χ1n) is 6.78. The summed E-state index contributed by atoms with van der Waals surface area (Å²) in [5.74, 6) is 0.830. The number of rotatable bonds is 4. The number of benzene rings is 1. The number of methoxy groups -OCH3 is 1. The molecule has 1 aromatic rings. The Morgan fingerprint density at radius 2 is 1.72 bits per heavy atom. The Bertz CT molecular complexity index is 357. The molecule has 1 heterocycles. The molecule has 1 aliphatic rings. The molecule has 0 radical (unpaired) electrons. The van der Waals surface area contributed by atoms with Crippen molar-refractivity contribution in [2.45, 2.75) is 38.3 Å². The maximum absolute atomic E-state index is 10.4. The lowest BCUT2D eigenvalue weighted by Crippen LogP contribution is -2.40. The van der Waals surface area contributed by atoms with Crippen LogP contribution in [0, 0.1) is 0 Å². The van der Waals surface area contributed by atoms with Crippen LogP contribution in [-0.4, -0.2) is 36.2 Å². The summed E-state index contributed by atoms with van der Waals surface area (Å²) < 4.78 is 5.13. The van der Waals surface area contributed by atoms with Crippen molar-refractivity contribution in [1.29, 1.82) is 0 Å². The molecule has 1 N–H and O–H groups in total. The summed E-state index contributed by atoms with van der Waals surface area (Å²) in [5, 5.41) is 10.4. The Labute approximate surface area is 109 Å². The monoisotopic (exact) mass is 249 g/mol. The zero-order valence-electron chi connectivity index (χ0n) is 11.3. The molecule has 18 heavy (non-hydrogen) atoms. The van der Waals surface area contributed by atoms with Gasteiger partial charge in [-0.05, 0) is 50.6 Å². The summed E-state index contributed by atoms with van der Waals surface area (Å²) >= 11 is 0. The van der Waals surface area contributed by atoms with Gasteiger partial charge in [-0.25, -0.2) is 0 Å². The van der Waals surface area contributed by atoms with Gasteiger partial charge in [-0.2, -0.15) is 0 Å². The summed E-state index contributed by atoms with van der Waals surface area (Å²) in [6.45, 7) is 4.32. The highest BCUT2D eigenvalue weighted by molar-refractivity contribution is 5.29. The first-order valence-corrected chi connectivity index (χ1v) is 6.78. The number of likely N-dealkylation sites (tertiary alicyclic amines) is 1. The van der Waals surface area contributed by atoms with Crippen molar-refractivity contribution in [3.8, 4) is 5.75 Å². The predicted molar refractivity (Wildman–Crippen MR) is 72.8 cm³/mol. The molecule has 2 rings (SSSR count). The van der Waals surface area contributed by atoms with Crippen LogP contribution in [0.2, 0.25) is 0 Å². The first-order chi connectivity index (χ1) is 8.72. The summed E-state index contributed by atoms with van der Waals surface area (Å²) in [5.41, 5.74) is 0.967. The zero-order valence-corrected chi connectivity index (χ0v) is 11.3. The number of aliphatic hydroxyl groups is 1. The van der Waals surface area contributed by atoms with Gasteiger partial charge < -0.3 is 9.84 Å². The van der Waals surface area contributed by atoms with Gasteiger partial charge in [0.25, 0.3) is 0 Å². The van der Waals surface area contributed by atoms with Crippen molar-refractivity contribution in [2.24, 2.45) is 0 Å². The van der Waals surface area contributed by atoms with Gasteiger partial charge in [0.1, 0.15) is 5.75 Å². The Balaban J connectivity index is 2.01. The average Bonchev–Trinajstić information content (AvgIpc) is 2.47. The number of aliphatic hydroxyl groups excluding tert-OH is 1. The Kier molecular flexibility index (Phi) is 4.61. The molecule has 1 fully saturated rings. The predicted octanol–water partition coefficient (Wildman–Crippen LogP) is 2.60. The van der Waals surface area contributed by atoms with Gasteiger partial charge in [0.15, 0.2) is 0 Å². The number of hydrogen-bond donors (Lipinski definition) is 1. The third-order valence-electron chi connectivity index (χ3n) is 3.88. The van der Waals surface area contributed by atoms with E-state index in [-0.39, 0.29) is 6.04 Å². The molecule has 100 valence electrons. The molecule has 1 aromatic carbocycles. The van der Waals surface area contributed by atoms with E-state index in [1.165, 1.54) is 19.3 Å².